The predicted molar refractivity (Wildman–Crippen MR) is 65.0 cm³/mol. The lowest BCUT2D eigenvalue weighted by Crippen LogP contribution is -2.15. The molecule has 0 bridgehead atoms. The fourth-order valence-electron chi connectivity index (χ4n) is 1.31. The number of H-pyrrole nitrogens is 1. The van der Waals surface area contributed by atoms with Crippen LogP contribution in [0.15, 0.2) is 22.8 Å². The molecule has 5 nitrogen and oxygen atoms in total. The number of nitrogens with two attached hydrogens (primary N) is 1. The van der Waals surface area contributed by atoms with E-state index in [4.69, 9.17) is 5.73 Å². The van der Waals surface area contributed by atoms with E-state index >= 15 is 0 Å². The van der Waals surface area contributed by atoms with Gasteiger partial charge >= 0.3 is 0 Å². The number of nitrogen functional groups attached to an aromatic ring is 1. The zero-order valence-corrected chi connectivity index (χ0v) is 10.4. The summed E-state index contributed by atoms with van der Waals surface area (Å²) in [4.78, 5) is 11.7. The van der Waals surface area contributed by atoms with Crippen molar-refractivity contribution >= 4 is 33.2 Å². The van der Waals surface area contributed by atoms with Gasteiger partial charge in [-0.1, -0.05) is 0 Å². The van der Waals surface area contributed by atoms with E-state index in [-0.39, 0.29) is 21.5 Å². The van der Waals surface area contributed by atoms with Crippen LogP contribution >= 0.6 is 15.9 Å². The Kier molecular flexibility index (Phi) is 3.28. The summed E-state index contributed by atoms with van der Waals surface area (Å²) in [5, 5.41) is 8.21. The number of nitrogens with one attached hydrogen (secondary N) is 2. The third kappa shape index (κ3) is 2.33. The molecule has 0 atom stereocenters. The molecule has 2 rings (SSSR count). The van der Waals surface area contributed by atoms with E-state index in [1.807, 2.05) is 0 Å². The van der Waals surface area contributed by atoms with E-state index in [2.05, 4.69) is 31.4 Å². The maximum Gasteiger partial charge on any atom is 0.275 e. The molecule has 0 saturated heterocycles. The lowest BCUT2D eigenvalue weighted by atomic mass is 10.2. The van der Waals surface area contributed by atoms with Crippen molar-refractivity contribution in [3.05, 3.63) is 40.1 Å². The highest BCUT2D eigenvalue weighted by molar-refractivity contribution is 9.10. The van der Waals surface area contributed by atoms with Crippen molar-refractivity contribution in [1.82, 2.24) is 10.2 Å². The molecule has 1 amide bonds. The van der Waals surface area contributed by atoms with Gasteiger partial charge in [0.1, 0.15) is 11.5 Å². The summed E-state index contributed by atoms with van der Waals surface area (Å²) >= 11 is 2.96. The third-order valence-corrected chi connectivity index (χ3v) is 2.77. The standard InChI is InChI=1S/C10H7BrF2N4O/c11-5-1-4(12)2-6(13)8(5)16-10(18)9-7(14)3-15-17-9/h1-3H,14H2,(H,15,17)(H,16,18). The van der Waals surface area contributed by atoms with Gasteiger partial charge in [-0.2, -0.15) is 5.10 Å². The lowest BCUT2D eigenvalue weighted by molar-refractivity contribution is 0.102. The molecule has 0 radical (unpaired) electrons. The van der Waals surface area contributed by atoms with Crippen LogP contribution in [0.4, 0.5) is 20.2 Å². The molecular weight excluding hydrogens is 310 g/mol. The van der Waals surface area contributed by atoms with Crippen LogP contribution < -0.4 is 11.1 Å². The van der Waals surface area contributed by atoms with Gasteiger partial charge in [-0.25, -0.2) is 8.78 Å². The molecule has 8 heteroatoms. The van der Waals surface area contributed by atoms with E-state index in [9.17, 15) is 13.6 Å². The molecule has 0 aliphatic rings. The number of halogens is 3. The van der Waals surface area contributed by atoms with Crippen molar-refractivity contribution in [2.75, 3.05) is 11.1 Å². The first-order valence-electron chi connectivity index (χ1n) is 4.73. The summed E-state index contributed by atoms with van der Waals surface area (Å²) in [6.07, 6.45) is 1.25. The molecule has 18 heavy (non-hydrogen) atoms. The van der Waals surface area contributed by atoms with Crippen molar-refractivity contribution in [3.63, 3.8) is 0 Å². The Balaban J connectivity index is 2.31. The smallest absolute Gasteiger partial charge is 0.275 e. The molecule has 2 aromatic rings. The summed E-state index contributed by atoms with van der Waals surface area (Å²) in [6, 6.07) is 1.70. The van der Waals surface area contributed by atoms with Gasteiger partial charge in [0, 0.05) is 10.5 Å². The molecule has 0 spiro atoms. The van der Waals surface area contributed by atoms with Gasteiger partial charge < -0.3 is 11.1 Å². The van der Waals surface area contributed by atoms with E-state index < -0.39 is 17.5 Å². The minimum atomic E-state index is -0.895. The van der Waals surface area contributed by atoms with Crippen LogP contribution in [0.1, 0.15) is 10.5 Å². The second-order valence-electron chi connectivity index (χ2n) is 3.40. The molecule has 0 aliphatic heterocycles. The Bertz CT molecular complexity index is 591. The van der Waals surface area contributed by atoms with Gasteiger partial charge in [-0.3, -0.25) is 9.89 Å². The second kappa shape index (κ2) is 4.73. The number of rotatable bonds is 2. The van der Waals surface area contributed by atoms with Gasteiger partial charge in [0.25, 0.3) is 5.91 Å². The molecule has 1 aromatic heterocycles. The van der Waals surface area contributed by atoms with E-state index in [0.29, 0.717) is 6.07 Å². The number of carbonyl (C=O) groups excluding carboxylic acids is 1. The van der Waals surface area contributed by atoms with E-state index in [0.717, 1.165) is 6.07 Å². The molecule has 0 fully saturated rings. The van der Waals surface area contributed by atoms with Crippen molar-refractivity contribution in [2.24, 2.45) is 0 Å². The van der Waals surface area contributed by atoms with Crippen molar-refractivity contribution < 1.29 is 13.6 Å². The molecule has 0 saturated carbocycles. The number of carbonyl (C=O) groups is 1. The number of aromatic nitrogens is 2. The summed E-state index contributed by atoms with van der Waals surface area (Å²) in [5.41, 5.74) is 5.44. The third-order valence-electron chi connectivity index (χ3n) is 2.14. The number of aromatic amines is 1. The van der Waals surface area contributed by atoms with Crippen molar-refractivity contribution in [1.29, 1.82) is 0 Å². The van der Waals surface area contributed by atoms with Crippen LogP contribution in [0.2, 0.25) is 0 Å². The van der Waals surface area contributed by atoms with Gasteiger partial charge in [0.2, 0.25) is 0 Å². The summed E-state index contributed by atoms with van der Waals surface area (Å²) in [5.74, 6) is -2.32. The van der Waals surface area contributed by atoms with Crippen molar-refractivity contribution in [2.45, 2.75) is 0 Å². The van der Waals surface area contributed by atoms with Crippen LogP contribution in [0, 0.1) is 11.6 Å². The normalized spacial score (nSPS) is 10.4. The van der Waals surface area contributed by atoms with Crippen LogP contribution in [0.5, 0.6) is 0 Å². The highest BCUT2D eigenvalue weighted by atomic mass is 79.9. The number of hydrogen-bond donors (Lipinski definition) is 3. The largest absolute Gasteiger partial charge is 0.396 e. The highest BCUT2D eigenvalue weighted by Gasteiger charge is 2.16. The Hall–Kier alpha value is -1.96. The zero-order chi connectivity index (χ0) is 13.3. The lowest BCUT2D eigenvalue weighted by Gasteiger charge is -2.08. The molecule has 1 aromatic carbocycles. The fraction of sp³-hybridized carbons (Fsp3) is 0. The topological polar surface area (TPSA) is 83.8 Å². The number of amides is 1. The number of benzene rings is 1. The Morgan fingerprint density at radius 3 is 2.72 bits per heavy atom. The minimum Gasteiger partial charge on any atom is -0.396 e. The highest BCUT2D eigenvalue weighted by Crippen LogP contribution is 2.27. The molecular formula is C10H7BrF2N4O. The van der Waals surface area contributed by atoms with Crippen LogP contribution in [0.25, 0.3) is 0 Å². The van der Waals surface area contributed by atoms with Gasteiger partial charge in [0.05, 0.1) is 17.6 Å². The Morgan fingerprint density at radius 1 is 1.44 bits per heavy atom. The molecule has 0 aliphatic carbocycles. The average molecular weight is 317 g/mol. The molecule has 1 heterocycles. The Labute approximate surface area is 109 Å². The maximum absolute atomic E-state index is 13.5. The van der Waals surface area contributed by atoms with Crippen LogP contribution in [0.3, 0.4) is 0 Å². The van der Waals surface area contributed by atoms with E-state index in [1.165, 1.54) is 6.20 Å². The van der Waals surface area contributed by atoms with Crippen LogP contribution in [-0.4, -0.2) is 16.1 Å². The Morgan fingerprint density at radius 2 is 2.17 bits per heavy atom. The quantitative estimate of drug-likeness (QED) is 0.794. The number of anilines is 2. The predicted octanol–water partition coefficient (Wildman–Crippen LogP) is 2.28. The minimum absolute atomic E-state index is 0.00521. The first-order valence-corrected chi connectivity index (χ1v) is 5.53. The first kappa shape index (κ1) is 12.5. The SMILES string of the molecule is Nc1cn[nH]c1C(=O)Nc1c(F)cc(F)cc1Br. The molecule has 4 N–H and O–H groups in total. The average Bonchev–Trinajstić information content (AvgIpc) is 2.69. The van der Waals surface area contributed by atoms with Crippen LogP contribution in [-0.2, 0) is 0 Å². The summed E-state index contributed by atoms with van der Waals surface area (Å²) < 4.78 is 26.4. The van der Waals surface area contributed by atoms with Gasteiger partial charge in [0.15, 0.2) is 5.82 Å². The van der Waals surface area contributed by atoms with Crippen molar-refractivity contribution in [3.8, 4) is 0 Å². The zero-order valence-electron chi connectivity index (χ0n) is 8.80. The summed E-state index contributed by atoms with van der Waals surface area (Å²) in [6.45, 7) is 0. The maximum atomic E-state index is 13.5. The number of nitrogens with zero attached hydrogens (tertiary/aromatic N) is 1. The first-order chi connectivity index (χ1) is 8.49. The fourth-order valence-corrected chi connectivity index (χ4v) is 1.82. The van der Waals surface area contributed by atoms with Gasteiger partial charge in [-0.05, 0) is 22.0 Å². The summed E-state index contributed by atoms with van der Waals surface area (Å²) in [7, 11) is 0. The second-order valence-corrected chi connectivity index (χ2v) is 4.25. The number of hydrogen-bond acceptors (Lipinski definition) is 3. The molecule has 94 valence electrons. The molecule has 0 unspecified atom stereocenters. The monoisotopic (exact) mass is 316 g/mol. The van der Waals surface area contributed by atoms with Gasteiger partial charge in [-0.15, -0.1) is 0 Å². The van der Waals surface area contributed by atoms with E-state index in [1.54, 1.807) is 0 Å².